The number of hydrogen-bond acceptors (Lipinski definition) is 8. The van der Waals surface area contributed by atoms with Gasteiger partial charge in [-0.25, -0.2) is 14.2 Å². The molecule has 2 N–H and O–H groups in total. The Morgan fingerprint density at radius 3 is 2.61 bits per heavy atom. The second-order valence-corrected chi connectivity index (χ2v) is 10.1. The van der Waals surface area contributed by atoms with E-state index in [0.717, 1.165) is 4.90 Å². The predicted octanol–water partition coefficient (Wildman–Crippen LogP) is 1.71. The number of ether oxygens (including phenoxy) is 1. The van der Waals surface area contributed by atoms with E-state index in [-0.39, 0.29) is 42.6 Å². The highest BCUT2D eigenvalue weighted by Gasteiger charge is 2.46. The Balaban J connectivity index is 1.65. The molecule has 5 heterocycles. The number of likely N-dealkylation sites (tertiary alicyclic amines) is 1. The molecule has 3 atom stereocenters. The first-order chi connectivity index (χ1) is 18.0. The molecule has 1 aromatic carbocycles. The summed E-state index contributed by atoms with van der Waals surface area (Å²) in [7, 11) is 0. The molecule has 2 aromatic heterocycles. The van der Waals surface area contributed by atoms with Crippen molar-refractivity contribution in [2.24, 2.45) is 0 Å². The Hall–Kier alpha value is -3.96. The summed E-state index contributed by atoms with van der Waals surface area (Å²) in [5.41, 5.74) is 0.0817. The van der Waals surface area contributed by atoms with Crippen molar-refractivity contribution in [1.29, 1.82) is 0 Å². The SMILES string of the molecule is CC[C@@]1(O)C(=O)OCc2c1cc1n(c2=O)Cc2c-1nc1cc(F)c(C)cc1c2[C@@H](C)N1C(=O)CC(O)C1=O. The van der Waals surface area contributed by atoms with E-state index in [0.29, 0.717) is 33.5 Å². The van der Waals surface area contributed by atoms with Gasteiger partial charge in [0.15, 0.2) is 5.60 Å². The Bertz CT molecular complexity index is 1680. The van der Waals surface area contributed by atoms with Crippen molar-refractivity contribution in [3.8, 4) is 11.4 Å². The van der Waals surface area contributed by atoms with Gasteiger partial charge in [-0.1, -0.05) is 6.92 Å². The molecule has 3 aliphatic rings. The van der Waals surface area contributed by atoms with Crippen LogP contribution in [0.25, 0.3) is 22.3 Å². The van der Waals surface area contributed by atoms with Crippen LogP contribution in [0.1, 0.15) is 60.5 Å². The number of carbonyl (C=O) groups is 3. The van der Waals surface area contributed by atoms with Crippen LogP contribution in [0.15, 0.2) is 23.0 Å². The summed E-state index contributed by atoms with van der Waals surface area (Å²) in [4.78, 5) is 57.1. The van der Waals surface area contributed by atoms with Crippen LogP contribution in [-0.2, 0) is 37.9 Å². The van der Waals surface area contributed by atoms with Crippen molar-refractivity contribution in [3.05, 3.63) is 62.2 Å². The number of aromatic nitrogens is 2. The Labute approximate surface area is 215 Å². The zero-order chi connectivity index (χ0) is 27.3. The number of amides is 2. The van der Waals surface area contributed by atoms with Crippen molar-refractivity contribution < 1.29 is 33.7 Å². The molecule has 0 bridgehead atoms. The second-order valence-electron chi connectivity index (χ2n) is 10.1. The standard InChI is InChI=1S/C27H24FN3O7/c1-4-27(37)16-6-19-23-14(9-30(19)24(34)15(16)10-38-26(27)36)22(12(3)31-21(33)8-20(32)25(31)35)13-5-11(2)17(28)7-18(13)29-23/h5-7,12,20,32,37H,4,8-10H2,1-3H3/t12-,20?,27+/m1/s1. The smallest absolute Gasteiger partial charge is 0.343 e. The van der Waals surface area contributed by atoms with Crippen LogP contribution in [0.5, 0.6) is 0 Å². The van der Waals surface area contributed by atoms with E-state index < -0.39 is 46.9 Å². The average Bonchev–Trinajstić information content (AvgIpc) is 3.36. The van der Waals surface area contributed by atoms with Crippen LogP contribution in [0.2, 0.25) is 0 Å². The summed E-state index contributed by atoms with van der Waals surface area (Å²) in [6.07, 6.45) is -1.80. The van der Waals surface area contributed by atoms with Crippen molar-refractivity contribution in [2.45, 2.75) is 64.5 Å². The second kappa shape index (κ2) is 8.02. The maximum atomic E-state index is 14.7. The van der Waals surface area contributed by atoms with Gasteiger partial charge in [0.2, 0.25) is 5.91 Å². The molecule has 196 valence electrons. The van der Waals surface area contributed by atoms with Crippen molar-refractivity contribution in [1.82, 2.24) is 14.5 Å². The van der Waals surface area contributed by atoms with E-state index in [9.17, 15) is 33.8 Å². The number of aliphatic hydroxyl groups is 2. The fourth-order valence-electron chi connectivity index (χ4n) is 5.89. The van der Waals surface area contributed by atoms with Gasteiger partial charge in [-0.2, -0.15) is 0 Å². The van der Waals surface area contributed by atoms with E-state index in [4.69, 9.17) is 4.74 Å². The molecular formula is C27H24FN3O7. The zero-order valence-electron chi connectivity index (χ0n) is 20.9. The molecule has 38 heavy (non-hydrogen) atoms. The quantitative estimate of drug-likeness (QED) is 0.307. The van der Waals surface area contributed by atoms with E-state index in [1.807, 2.05) is 0 Å². The third-order valence-electron chi connectivity index (χ3n) is 7.98. The largest absolute Gasteiger partial charge is 0.458 e. The molecule has 1 saturated heterocycles. The number of cyclic esters (lactones) is 1. The predicted molar refractivity (Wildman–Crippen MR) is 130 cm³/mol. The van der Waals surface area contributed by atoms with Gasteiger partial charge in [-0.3, -0.25) is 19.3 Å². The van der Waals surface area contributed by atoms with Crippen molar-refractivity contribution in [2.75, 3.05) is 0 Å². The lowest BCUT2D eigenvalue weighted by Crippen LogP contribution is -2.44. The number of benzene rings is 1. The van der Waals surface area contributed by atoms with Crippen LogP contribution in [-0.4, -0.2) is 48.6 Å². The van der Waals surface area contributed by atoms with E-state index in [2.05, 4.69) is 4.98 Å². The molecule has 0 radical (unpaired) electrons. The number of halogens is 1. The maximum absolute atomic E-state index is 14.7. The highest BCUT2D eigenvalue weighted by Crippen LogP contribution is 2.43. The summed E-state index contributed by atoms with van der Waals surface area (Å²) < 4.78 is 21.2. The van der Waals surface area contributed by atoms with Crippen LogP contribution in [0.3, 0.4) is 0 Å². The molecule has 0 aliphatic carbocycles. The summed E-state index contributed by atoms with van der Waals surface area (Å²) in [5.74, 6) is -2.62. The number of aliphatic hydroxyl groups excluding tert-OH is 1. The first kappa shape index (κ1) is 24.4. The van der Waals surface area contributed by atoms with Gasteiger partial charge in [-0.15, -0.1) is 0 Å². The molecule has 11 heteroatoms. The number of pyridine rings is 2. The van der Waals surface area contributed by atoms with Gasteiger partial charge in [-0.05, 0) is 43.5 Å². The van der Waals surface area contributed by atoms with Gasteiger partial charge in [0.25, 0.3) is 11.5 Å². The summed E-state index contributed by atoms with van der Waals surface area (Å²) in [6, 6.07) is 3.53. The molecular weight excluding hydrogens is 497 g/mol. The zero-order valence-corrected chi connectivity index (χ0v) is 20.9. The van der Waals surface area contributed by atoms with Gasteiger partial charge in [0.05, 0.1) is 41.5 Å². The molecule has 3 aliphatic heterocycles. The number of nitrogens with zero attached hydrogens (tertiary/aromatic N) is 3. The van der Waals surface area contributed by atoms with E-state index >= 15 is 0 Å². The molecule has 2 amide bonds. The Morgan fingerprint density at radius 1 is 1.21 bits per heavy atom. The normalized spacial score (nSPS) is 22.9. The Kier molecular flexibility index (Phi) is 5.14. The fraction of sp³-hybridized carbons (Fsp3) is 0.370. The summed E-state index contributed by atoms with van der Waals surface area (Å²) in [5, 5.41) is 21.7. The van der Waals surface area contributed by atoms with E-state index in [1.165, 1.54) is 10.6 Å². The van der Waals surface area contributed by atoms with E-state index in [1.54, 1.807) is 32.9 Å². The lowest BCUT2D eigenvalue weighted by Gasteiger charge is -2.31. The van der Waals surface area contributed by atoms with Gasteiger partial charge in [0, 0.05) is 22.6 Å². The minimum Gasteiger partial charge on any atom is -0.458 e. The molecule has 0 saturated carbocycles. The van der Waals surface area contributed by atoms with Gasteiger partial charge >= 0.3 is 5.97 Å². The lowest BCUT2D eigenvalue weighted by atomic mass is 9.86. The number of fused-ring (bicyclic) bond motifs is 5. The van der Waals surface area contributed by atoms with Crippen LogP contribution < -0.4 is 5.56 Å². The highest BCUT2D eigenvalue weighted by molar-refractivity contribution is 6.05. The first-order valence-corrected chi connectivity index (χ1v) is 12.3. The lowest BCUT2D eigenvalue weighted by molar-refractivity contribution is -0.172. The van der Waals surface area contributed by atoms with Gasteiger partial charge < -0.3 is 19.5 Å². The summed E-state index contributed by atoms with van der Waals surface area (Å²) >= 11 is 0. The third kappa shape index (κ3) is 3.08. The molecule has 1 fully saturated rings. The number of esters is 1. The number of imide groups is 1. The highest BCUT2D eigenvalue weighted by atomic mass is 19.1. The molecule has 1 unspecified atom stereocenters. The first-order valence-electron chi connectivity index (χ1n) is 12.3. The maximum Gasteiger partial charge on any atom is 0.343 e. The third-order valence-corrected chi connectivity index (χ3v) is 7.98. The minimum absolute atomic E-state index is 0.0198. The fourth-order valence-corrected chi connectivity index (χ4v) is 5.89. The molecule has 3 aromatic rings. The topological polar surface area (TPSA) is 139 Å². The average molecular weight is 522 g/mol. The minimum atomic E-state index is -2.01. The van der Waals surface area contributed by atoms with Crippen LogP contribution >= 0.6 is 0 Å². The van der Waals surface area contributed by atoms with Crippen molar-refractivity contribution in [3.63, 3.8) is 0 Å². The Morgan fingerprint density at radius 2 is 1.95 bits per heavy atom. The molecule has 10 nitrogen and oxygen atoms in total. The van der Waals surface area contributed by atoms with Crippen LogP contribution in [0, 0.1) is 12.7 Å². The molecule has 0 spiro atoms. The monoisotopic (exact) mass is 521 g/mol. The number of aryl methyl sites for hydroxylation is 1. The molecule has 6 rings (SSSR count). The number of hydrogen-bond donors (Lipinski definition) is 2. The number of carbonyl (C=O) groups excluding carboxylic acids is 3. The van der Waals surface area contributed by atoms with Crippen LogP contribution in [0.4, 0.5) is 4.39 Å². The summed E-state index contributed by atoms with van der Waals surface area (Å²) in [6.45, 7) is 4.57. The van der Waals surface area contributed by atoms with Gasteiger partial charge in [0.1, 0.15) is 18.5 Å². The van der Waals surface area contributed by atoms with Crippen molar-refractivity contribution >= 4 is 28.7 Å². The number of rotatable bonds is 3.